The number of likely N-dealkylation sites (tertiary alicyclic amines) is 1. The first-order valence-corrected chi connectivity index (χ1v) is 12.9. The highest BCUT2D eigenvalue weighted by Gasteiger charge is 2.43. The standard InChI is InChI=1S/C23H25N3O4S2/c1-3-6-21(27)25-32(29,30)23(2,28)22-24-19-12-9-16(13-20(19)31-22)7-4-5-8-17-14-26(15-17)18-10-11-18/h9,12-13,17-18,28H,3,6,10-11,14-15H2,1-2H3,(H,25,27)/t23-/m1/s1. The molecule has 4 rings (SSSR count). The van der Waals surface area contributed by atoms with E-state index in [1.807, 2.05) is 4.72 Å². The molecule has 1 aromatic carbocycles. The van der Waals surface area contributed by atoms with Crippen LogP contribution in [0, 0.1) is 29.6 Å². The Morgan fingerprint density at radius 3 is 2.78 bits per heavy atom. The first-order chi connectivity index (χ1) is 15.2. The highest BCUT2D eigenvalue weighted by Crippen LogP contribution is 2.34. The number of fused-ring (bicyclic) bond motifs is 1. The second-order valence-corrected chi connectivity index (χ2v) is 11.4. The normalized spacial score (nSPS) is 18.6. The molecule has 1 aromatic heterocycles. The van der Waals surface area contributed by atoms with Crippen LogP contribution in [0.5, 0.6) is 0 Å². The molecule has 0 unspecified atom stereocenters. The Bertz CT molecular complexity index is 1270. The van der Waals surface area contributed by atoms with Crippen molar-refractivity contribution >= 4 is 37.5 Å². The van der Waals surface area contributed by atoms with Gasteiger partial charge in [0, 0.05) is 37.0 Å². The number of nitrogens with one attached hydrogen (secondary N) is 1. The zero-order valence-corrected chi connectivity index (χ0v) is 19.6. The minimum absolute atomic E-state index is 0.0144. The van der Waals surface area contributed by atoms with Crippen LogP contribution in [-0.4, -0.2) is 48.4 Å². The van der Waals surface area contributed by atoms with Gasteiger partial charge >= 0.3 is 0 Å². The molecule has 1 amide bonds. The van der Waals surface area contributed by atoms with Crippen LogP contribution in [0.15, 0.2) is 18.2 Å². The number of carbonyl (C=O) groups excluding carboxylic acids is 1. The summed E-state index contributed by atoms with van der Waals surface area (Å²) in [7, 11) is -4.37. The van der Waals surface area contributed by atoms with Gasteiger partial charge in [-0.3, -0.25) is 14.4 Å². The maximum Gasteiger partial charge on any atom is 0.271 e. The predicted molar refractivity (Wildman–Crippen MR) is 124 cm³/mol. The molecule has 2 N–H and O–H groups in total. The van der Waals surface area contributed by atoms with E-state index in [4.69, 9.17) is 0 Å². The number of carbonyl (C=O) groups is 1. The largest absolute Gasteiger partial charge is 0.368 e. The van der Waals surface area contributed by atoms with Crippen molar-refractivity contribution in [3.8, 4) is 23.7 Å². The van der Waals surface area contributed by atoms with E-state index in [-0.39, 0.29) is 11.4 Å². The van der Waals surface area contributed by atoms with E-state index in [1.165, 1.54) is 12.8 Å². The van der Waals surface area contributed by atoms with Crippen molar-refractivity contribution in [1.29, 1.82) is 0 Å². The molecule has 7 nitrogen and oxygen atoms in total. The molecule has 32 heavy (non-hydrogen) atoms. The number of aliphatic hydroxyl groups is 1. The van der Waals surface area contributed by atoms with Gasteiger partial charge < -0.3 is 5.11 Å². The number of hydrogen-bond donors (Lipinski definition) is 2. The van der Waals surface area contributed by atoms with Crippen LogP contribution >= 0.6 is 11.3 Å². The molecule has 2 aromatic rings. The second kappa shape index (κ2) is 8.84. The summed E-state index contributed by atoms with van der Waals surface area (Å²) in [5, 5.41) is 10.7. The lowest BCUT2D eigenvalue weighted by molar-refractivity contribution is -0.119. The van der Waals surface area contributed by atoms with Crippen LogP contribution in [0.2, 0.25) is 0 Å². The molecule has 0 bridgehead atoms. The second-order valence-electron chi connectivity index (χ2n) is 8.36. The summed E-state index contributed by atoms with van der Waals surface area (Å²) in [6.45, 7) is 4.96. The monoisotopic (exact) mass is 471 g/mol. The van der Waals surface area contributed by atoms with E-state index < -0.39 is 20.9 Å². The van der Waals surface area contributed by atoms with Crippen LogP contribution in [0.4, 0.5) is 0 Å². The molecular formula is C23H25N3O4S2. The molecular weight excluding hydrogens is 446 g/mol. The van der Waals surface area contributed by atoms with Crippen molar-refractivity contribution in [2.24, 2.45) is 5.92 Å². The number of thiazole rings is 1. The topological polar surface area (TPSA) is 99.6 Å². The average molecular weight is 472 g/mol. The average Bonchev–Trinajstić information content (AvgIpc) is 3.42. The first kappa shape index (κ1) is 22.8. The molecule has 2 fully saturated rings. The van der Waals surface area contributed by atoms with Gasteiger partial charge in [0.1, 0.15) is 5.01 Å². The molecule has 1 saturated carbocycles. The maximum atomic E-state index is 12.5. The van der Waals surface area contributed by atoms with Crippen molar-refractivity contribution in [1.82, 2.24) is 14.6 Å². The number of sulfonamides is 1. The third kappa shape index (κ3) is 4.82. The minimum atomic E-state index is -4.37. The molecule has 1 saturated heterocycles. The fourth-order valence-electron chi connectivity index (χ4n) is 3.43. The molecule has 9 heteroatoms. The van der Waals surface area contributed by atoms with E-state index in [2.05, 4.69) is 33.6 Å². The molecule has 168 valence electrons. The van der Waals surface area contributed by atoms with E-state index >= 15 is 0 Å². The number of amides is 1. The van der Waals surface area contributed by atoms with Gasteiger partial charge in [0.25, 0.3) is 10.0 Å². The summed E-state index contributed by atoms with van der Waals surface area (Å²) < 4.78 is 27.7. The SMILES string of the molecule is CCCC(=O)NS(=O)(=O)[C@@](C)(O)c1nc2ccc(C#CC#CC3CN(C4CC4)C3)cc2s1. The van der Waals surface area contributed by atoms with E-state index in [9.17, 15) is 18.3 Å². The number of hydrogen-bond acceptors (Lipinski definition) is 7. The zero-order chi connectivity index (χ0) is 22.9. The van der Waals surface area contributed by atoms with Crippen molar-refractivity contribution in [2.75, 3.05) is 13.1 Å². The number of aromatic nitrogens is 1. The Labute approximate surface area is 192 Å². The van der Waals surface area contributed by atoms with Gasteiger partial charge in [-0.2, -0.15) is 0 Å². The van der Waals surface area contributed by atoms with E-state index in [0.717, 1.165) is 43.0 Å². The number of rotatable bonds is 6. The summed E-state index contributed by atoms with van der Waals surface area (Å²) in [5.41, 5.74) is 1.28. The van der Waals surface area contributed by atoms with E-state index in [1.54, 1.807) is 25.1 Å². The van der Waals surface area contributed by atoms with Gasteiger partial charge in [0.05, 0.1) is 10.2 Å². The summed E-state index contributed by atoms with van der Waals surface area (Å²) in [6, 6.07) is 6.09. The van der Waals surface area contributed by atoms with Crippen molar-refractivity contribution in [2.45, 2.75) is 50.5 Å². The van der Waals surface area contributed by atoms with Gasteiger partial charge in [-0.05, 0) is 56.2 Å². The summed E-state index contributed by atoms with van der Waals surface area (Å²) in [5.74, 6) is 11.8. The third-order valence-electron chi connectivity index (χ3n) is 5.55. The quantitative estimate of drug-likeness (QED) is 0.627. The lowest BCUT2D eigenvalue weighted by Crippen LogP contribution is -2.47. The van der Waals surface area contributed by atoms with Gasteiger partial charge in [0.2, 0.25) is 10.8 Å². The molecule has 1 aliphatic heterocycles. The van der Waals surface area contributed by atoms with Crippen LogP contribution < -0.4 is 4.72 Å². The smallest absolute Gasteiger partial charge is 0.271 e. The van der Waals surface area contributed by atoms with Crippen molar-refractivity contribution in [3.05, 3.63) is 28.8 Å². The first-order valence-electron chi connectivity index (χ1n) is 10.6. The van der Waals surface area contributed by atoms with Crippen molar-refractivity contribution in [3.63, 3.8) is 0 Å². The highest BCUT2D eigenvalue weighted by atomic mass is 32.2. The summed E-state index contributed by atoms with van der Waals surface area (Å²) in [4.78, 5) is 16.1. The van der Waals surface area contributed by atoms with Gasteiger partial charge in [-0.25, -0.2) is 13.4 Å². The van der Waals surface area contributed by atoms with Crippen LogP contribution in [0.1, 0.15) is 50.1 Å². The summed E-state index contributed by atoms with van der Waals surface area (Å²) in [6.07, 6.45) is 3.19. The van der Waals surface area contributed by atoms with Gasteiger partial charge in [-0.15, -0.1) is 11.3 Å². The molecule has 1 aliphatic carbocycles. The van der Waals surface area contributed by atoms with Gasteiger partial charge in [-0.1, -0.05) is 18.8 Å². The Balaban J connectivity index is 1.46. The fraction of sp³-hybridized carbons (Fsp3) is 0.478. The molecule has 0 spiro atoms. The Hall–Kier alpha value is -2.43. The van der Waals surface area contributed by atoms with Crippen LogP contribution in [0.25, 0.3) is 10.2 Å². The molecule has 0 radical (unpaired) electrons. The third-order valence-corrected chi connectivity index (χ3v) is 8.65. The predicted octanol–water partition coefficient (Wildman–Crippen LogP) is 2.16. The summed E-state index contributed by atoms with van der Waals surface area (Å²) >= 11 is 1.05. The van der Waals surface area contributed by atoms with Gasteiger partial charge in [0.15, 0.2) is 0 Å². The number of nitrogens with zero attached hydrogens (tertiary/aromatic N) is 2. The minimum Gasteiger partial charge on any atom is -0.368 e. The zero-order valence-electron chi connectivity index (χ0n) is 18.0. The van der Waals surface area contributed by atoms with Crippen LogP contribution in [-0.2, 0) is 19.8 Å². The fourth-order valence-corrected chi connectivity index (χ4v) is 5.70. The number of benzene rings is 1. The highest BCUT2D eigenvalue weighted by molar-refractivity contribution is 7.90. The molecule has 2 aliphatic rings. The Kier molecular flexibility index (Phi) is 6.28. The lowest BCUT2D eigenvalue weighted by atomic mass is 10.0. The molecule has 2 heterocycles. The van der Waals surface area contributed by atoms with Crippen LogP contribution in [0.3, 0.4) is 0 Å². The van der Waals surface area contributed by atoms with Crippen molar-refractivity contribution < 1.29 is 18.3 Å². The van der Waals surface area contributed by atoms with E-state index in [0.29, 0.717) is 22.6 Å². The lowest BCUT2D eigenvalue weighted by Gasteiger charge is -2.36. The molecule has 1 atom stereocenters. The maximum absolute atomic E-state index is 12.5. The Morgan fingerprint density at radius 1 is 1.34 bits per heavy atom. The Morgan fingerprint density at radius 2 is 2.09 bits per heavy atom.